The van der Waals surface area contributed by atoms with Gasteiger partial charge in [0, 0.05) is 31.9 Å². The minimum absolute atomic E-state index is 0.0251. The van der Waals surface area contributed by atoms with E-state index in [-0.39, 0.29) is 18.6 Å². The van der Waals surface area contributed by atoms with Crippen molar-refractivity contribution >= 4 is 15.9 Å². The lowest BCUT2D eigenvalue weighted by Gasteiger charge is -2.30. The van der Waals surface area contributed by atoms with Crippen molar-refractivity contribution in [1.82, 2.24) is 14.1 Å². The van der Waals surface area contributed by atoms with Gasteiger partial charge in [0.05, 0.1) is 11.9 Å². The molecule has 1 fully saturated rings. The molecule has 2 rings (SSSR count). The number of nitrogens with one attached hydrogen (secondary N) is 1. The van der Waals surface area contributed by atoms with Gasteiger partial charge in [0.15, 0.2) is 0 Å². The van der Waals surface area contributed by atoms with Gasteiger partial charge in [-0.25, -0.2) is 0 Å². The quantitative estimate of drug-likeness (QED) is 0.843. The third-order valence-corrected chi connectivity index (χ3v) is 4.96. The second-order valence-electron chi connectivity index (χ2n) is 5.46. The summed E-state index contributed by atoms with van der Waals surface area (Å²) in [7, 11) is -3.57. The van der Waals surface area contributed by atoms with Crippen LogP contribution in [-0.2, 0) is 10.2 Å². The summed E-state index contributed by atoms with van der Waals surface area (Å²) in [5, 5.41) is 13.3. The van der Waals surface area contributed by atoms with E-state index in [4.69, 9.17) is 0 Å². The molecule has 8 heteroatoms. The number of rotatable bonds is 5. The summed E-state index contributed by atoms with van der Waals surface area (Å²) in [5.41, 5.74) is 0.463. The molecule has 1 saturated heterocycles. The Morgan fingerprint density at radius 3 is 2.90 bits per heavy atom. The lowest BCUT2D eigenvalue weighted by atomic mass is 10.0. The minimum Gasteiger partial charge on any atom is -0.396 e. The number of hydrogen-bond donors (Lipinski definition) is 2. The molecular weight excluding hydrogens is 280 g/mol. The second kappa shape index (κ2) is 6.11. The maximum atomic E-state index is 12.3. The largest absolute Gasteiger partial charge is 0.396 e. The Hall–Kier alpha value is -1.12. The molecule has 0 amide bonds. The van der Waals surface area contributed by atoms with Gasteiger partial charge in [-0.15, -0.1) is 0 Å². The maximum Gasteiger partial charge on any atom is 0.301 e. The van der Waals surface area contributed by atoms with Crippen molar-refractivity contribution in [2.24, 2.45) is 5.92 Å². The minimum atomic E-state index is -3.57. The van der Waals surface area contributed by atoms with Gasteiger partial charge in [0.2, 0.25) is 0 Å². The molecule has 2 heterocycles. The number of hydrogen-bond acceptors (Lipinski definition) is 4. The standard InChI is InChI=1S/C12H22N4O3S/c1-10(2)16-8-12(6-13-16)14-20(18,19)15-5-3-4-11(7-15)9-17/h6,8,10-11,14,17H,3-5,7,9H2,1-2H3. The van der Waals surface area contributed by atoms with E-state index in [1.54, 1.807) is 10.9 Å². The fourth-order valence-corrected chi connectivity index (χ4v) is 3.59. The lowest BCUT2D eigenvalue weighted by molar-refractivity contribution is 0.166. The molecule has 1 aromatic heterocycles. The van der Waals surface area contributed by atoms with Gasteiger partial charge in [0.1, 0.15) is 0 Å². The van der Waals surface area contributed by atoms with Crippen LogP contribution in [-0.4, -0.2) is 47.3 Å². The van der Waals surface area contributed by atoms with Gasteiger partial charge in [0.25, 0.3) is 0 Å². The summed E-state index contributed by atoms with van der Waals surface area (Å²) in [6.45, 7) is 4.83. The molecule has 1 atom stereocenters. The average Bonchev–Trinajstić information content (AvgIpc) is 2.87. The SMILES string of the molecule is CC(C)n1cc(NS(=O)(=O)N2CCCC(CO)C2)cn1. The van der Waals surface area contributed by atoms with Crippen LogP contribution in [0.2, 0.25) is 0 Å². The Morgan fingerprint density at radius 1 is 1.55 bits per heavy atom. The van der Waals surface area contributed by atoms with Crippen molar-refractivity contribution < 1.29 is 13.5 Å². The van der Waals surface area contributed by atoms with Crippen LogP contribution in [0, 0.1) is 5.92 Å². The van der Waals surface area contributed by atoms with E-state index in [1.165, 1.54) is 10.5 Å². The fraction of sp³-hybridized carbons (Fsp3) is 0.750. The molecule has 7 nitrogen and oxygen atoms in total. The molecule has 114 valence electrons. The van der Waals surface area contributed by atoms with Crippen LogP contribution in [0.5, 0.6) is 0 Å². The van der Waals surface area contributed by atoms with Gasteiger partial charge >= 0.3 is 10.2 Å². The van der Waals surface area contributed by atoms with Gasteiger partial charge in [-0.2, -0.15) is 17.8 Å². The number of aromatic nitrogens is 2. The third-order valence-electron chi connectivity index (χ3n) is 3.46. The number of aliphatic hydroxyl groups is 1. The first kappa shape index (κ1) is 15.3. The zero-order valence-corrected chi connectivity index (χ0v) is 12.7. The van der Waals surface area contributed by atoms with Crippen molar-refractivity contribution in [3.05, 3.63) is 12.4 Å². The molecule has 0 bridgehead atoms. The van der Waals surface area contributed by atoms with Crippen molar-refractivity contribution in [3.8, 4) is 0 Å². The highest BCUT2D eigenvalue weighted by Crippen LogP contribution is 2.20. The molecule has 2 N–H and O–H groups in total. The van der Waals surface area contributed by atoms with Crippen molar-refractivity contribution in [2.75, 3.05) is 24.4 Å². The second-order valence-corrected chi connectivity index (χ2v) is 7.13. The highest BCUT2D eigenvalue weighted by atomic mass is 32.2. The first-order chi connectivity index (χ1) is 9.42. The highest BCUT2D eigenvalue weighted by molar-refractivity contribution is 7.90. The van der Waals surface area contributed by atoms with E-state index in [1.807, 2.05) is 13.8 Å². The molecule has 1 aliphatic heterocycles. The van der Waals surface area contributed by atoms with Crippen LogP contribution < -0.4 is 4.72 Å². The summed E-state index contributed by atoms with van der Waals surface area (Å²) < 4.78 is 30.2. The normalized spacial score (nSPS) is 21.3. The number of anilines is 1. The van der Waals surface area contributed by atoms with Crippen LogP contribution in [0.25, 0.3) is 0 Å². The molecule has 20 heavy (non-hydrogen) atoms. The Kier molecular flexibility index (Phi) is 4.66. The summed E-state index contributed by atoms with van der Waals surface area (Å²) in [5.74, 6) is 0.0266. The van der Waals surface area contributed by atoms with Crippen LogP contribution in [0.3, 0.4) is 0 Å². The zero-order chi connectivity index (χ0) is 14.8. The predicted molar refractivity (Wildman–Crippen MR) is 76.5 cm³/mol. The average molecular weight is 302 g/mol. The van der Waals surface area contributed by atoms with E-state index >= 15 is 0 Å². The molecular formula is C12H22N4O3S. The smallest absolute Gasteiger partial charge is 0.301 e. The van der Waals surface area contributed by atoms with Crippen molar-refractivity contribution in [3.63, 3.8) is 0 Å². The van der Waals surface area contributed by atoms with Crippen LogP contribution in [0.15, 0.2) is 12.4 Å². The van der Waals surface area contributed by atoms with Gasteiger partial charge in [-0.1, -0.05) is 0 Å². The summed E-state index contributed by atoms with van der Waals surface area (Å²) in [6.07, 6.45) is 4.83. The number of nitrogens with zero attached hydrogens (tertiary/aromatic N) is 3. The van der Waals surface area contributed by atoms with E-state index in [9.17, 15) is 13.5 Å². The Morgan fingerprint density at radius 2 is 2.30 bits per heavy atom. The monoisotopic (exact) mass is 302 g/mol. The van der Waals surface area contributed by atoms with E-state index in [0.717, 1.165) is 12.8 Å². The highest BCUT2D eigenvalue weighted by Gasteiger charge is 2.28. The van der Waals surface area contributed by atoms with E-state index in [2.05, 4.69) is 9.82 Å². The molecule has 1 aliphatic rings. The molecule has 0 saturated carbocycles. The van der Waals surface area contributed by atoms with Crippen LogP contribution in [0.1, 0.15) is 32.7 Å². The molecule has 1 unspecified atom stereocenters. The van der Waals surface area contributed by atoms with Crippen LogP contribution in [0.4, 0.5) is 5.69 Å². The third kappa shape index (κ3) is 3.50. The zero-order valence-electron chi connectivity index (χ0n) is 11.9. The van der Waals surface area contributed by atoms with Crippen molar-refractivity contribution in [2.45, 2.75) is 32.7 Å². The fourth-order valence-electron chi connectivity index (χ4n) is 2.28. The topological polar surface area (TPSA) is 87.5 Å². The summed E-state index contributed by atoms with van der Waals surface area (Å²) in [4.78, 5) is 0. The number of piperidine rings is 1. The van der Waals surface area contributed by atoms with Crippen LogP contribution >= 0.6 is 0 Å². The maximum absolute atomic E-state index is 12.3. The van der Waals surface area contributed by atoms with E-state index < -0.39 is 10.2 Å². The molecule has 0 spiro atoms. The van der Waals surface area contributed by atoms with Gasteiger partial charge in [-0.3, -0.25) is 9.40 Å². The lowest BCUT2D eigenvalue weighted by Crippen LogP contribution is -2.43. The predicted octanol–water partition coefficient (Wildman–Crippen LogP) is 0.825. The summed E-state index contributed by atoms with van der Waals surface area (Å²) >= 11 is 0. The first-order valence-corrected chi connectivity index (χ1v) is 8.29. The van der Waals surface area contributed by atoms with Gasteiger partial charge in [-0.05, 0) is 32.6 Å². The van der Waals surface area contributed by atoms with E-state index in [0.29, 0.717) is 18.8 Å². The molecule has 0 aromatic carbocycles. The van der Waals surface area contributed by atoms with Crippen molar-refractivity contribution in [1.29, 1.82) is 0 Å². The summed E-state index contributed by atoms with van der Waals surface area (Å²) in [6, 6.07) is 0.182. The van der Waals surface area contributed by atoms with Gasteiger partial charge < -0.3 is 5.11 Å². The molecule has 0 radical (unpaired) electrons. The first-order valence-electron chi connectivity index (χ1n) is 6.85. The Balaban J connectivity index is 2.06. The Labute approximate surface area is 119 Å². The molecule has 0 aliphatic carbocycles. The molecule has 1 aromatic rings. The number of aliphatic hydroxyl groups excluding tert-OH is 1. The Bertz CT molecular complexity index is 541.